The minimum absolute atomic E-state index is 0.183. The number of aromatic nitrogens is 4. The lowest BCUT2D eigenvalue weighted by atomic mass is 10.1. The Labute approximate surface area is 178 Å². The van der Waals surface area contributed by atoms with E-state index in [0.717, 1.165) is 43.7 Å². The molecule has 160 valence electrons. The second-order valence-electron chi connectivity index (χ2n) is 7.57. The van der Waals surface area contributed by atoms with Crippen molar-refractivity contribution >= 4 is 33.8 Å². The Bertz CT molecular complexity index is 1050. The van der Waals surface area contributed by atoms with Gasteiger partial charge >= 0.3 is 0 Å². The number of carbonyl (C=O) groups is 1. The lowest BCUT2D eigenvalue weighted by molar-refractivity contribution is 0.102. The molecule has 0 bridgehead atoms. The number of rotatable bonds is 4. The topological polar surface area (TPSA) is 141 Å². The number of aryl methyl sites for hydroxylation is 3. The van der Waals surface area contributed by atoms with E-state index < -0.39 is 0 Å². The van der Waals surface area contributed by atoms with Crippen molar-refractivity contribution in [3.63, 3.8) is 0 Å². The molecule has 1 saturated heterocycles. The molecule has 5 N–H and O–H groups in total. The fraction of sp³-hybridized carbons (Fsp3) is 0.474. The molecule has 11 heteroatoms. The van der Waals surface area contributed by atoms with Crippen molar-refractivity contribution in [2.24, 2.45) is 12.8 Å². The summed E-state index contributed by atoms with van der Waals surface area (Å²) in [5, 5.41) is 12.2. The highest BCUT2D eigenvalue weighted by molar-refractivity contribution is 7.19. The monoisotopic (exact) mass is 430 g/mol. The van der Waals surface area contributed by atoms with Gasteiger partial charge in [0, 0.05) is 26.2 Å². The molecule has 0 saturated carbocycles. The van der Waals surface area contributed by atoms with Gasteiger partial charge in [0.1, 0.15) is 21.5 Å². The zero-order valence-corrected chi connectivity index (χ0v) is 18.1. The number of nitrogen functional groups attached to an aromatic ring is 1. The lowest BCUT2D eigenvalue weighted by Gasteiger charge is -2.24. The van der Waals surface area contributed by atoms with E-state index in [-0.39, 0.29) is 17.6 Å². The number of carbonyl (C=O) groups excluding carboxylic acids is 1. The standard InChI is InChI=1S/C19H26N8O2S/c1-10-14(11(2)29-25-10)18-24-15(16(21)30-18)17(28)23-13-9-22-26(3)19(13)27-7-4-5-12(20)6-8-27/h9,12H,4-8,20-21H2,1-3H3,(H,23,28)/t12-/m0/s1. The van der Waals surface area contributed by atoms with Gasteiger partial charge < -0.3 is 26.2 Å². The van der Waals surface area contributed by atoms with Crippen LogP contribution in [0.25, 0.3) is 10.6 Å². The van der Waals surface area contributed by atoms with Gasteiger partial charge in [0.05, 0.1) is 17.5 Å². The second-order valence-corrected chi connectivity index (χ2v) is 8.60. The maximum atomic E-state index is 13.0. The lowest BCUT2D eigenvalue weighted by Crippen LogP contribution is -2.29. The molecular formula is C19H26N8O2S. The van der Waals surface area contributed by atoms with Gasteiger partial charge in [0.2, 0.25) is 0 Å². The predicted molar refractivity (Wildman–Crippen MR) is 117 cm³/mol. The number of thiazole rings is 1. The first-order chi connectivity index (χ1) is 14.3. The van der Waals surface area contributed by atoms with Crippen molar-refractivity contribution in [1.82, 2.24) is 19.9 Å². The van der Waals surface area contributed by atoms with Gasteiger partial charge in [-0.25, -0.2) is 4.98 Å². The fourth-order valence-electron chi connectivity index (χ4n) is 3.80. The van der Waals surface area contributed by atoms with Gasteiger partial charge in [0.25, 0.3) is 5.91 Å². The third-order valence-electron chi connectivity index (χ3n) is 5.34. The van der Waals surface area contributed by atoms with Gasteiger partial charge in [-0.2, -0.15) is 5.10 Å². The summed E-state index contributed by atoms with van der Waals surface area (Å²) in [6.07, 6.45) is 4.55. The molecule has 0 radical (unpaired) electrons. The van der Waals surface area contributed by atoms with E-state index in [1.165, 1.54) is 11.3 Å². The summed E-state index contributed by atoms with van der Waals surface area (Å²) in [6, 6.07) is 0.207. The number of amides is 1. The second kappa shape index (κ2) is 8.07. The molecule has 0 aliphatic carbocycles. The van der Waals surface area contributed by atoms with E-state index in [1.54, 1.807) is 10.9 Å². The summed E-state index contributed by atoms with van der Waals surface area (Å²) in [5.41, 5.74) is 14.5. The number of nitrogens with two attached hydrogens (primary N) is 2. The zero-order valence-electron chi connectivity index (χ0n) is 17.3. The molecule has 4 heterocycles. The highest BCUT2D eigenvalue weighted by Crippen LogP contribution is 2.35. The molecule has 3 aromatic rings. The zero-order chi connectivity index (χ0) is 21.4. The third kappa shape index (κ3) is 3.77. The van der Waals surface area contributed by atoms with Crippen LogP contribution in [0, 0.1) is 13.8 Å². The SMILES string of the molecule is Cc1noc(C)c1-c1nc(C(=O)Nc2cnn(C)c2N2CCC[C@H](N)CC2)c(N)s1. The van der Waals surface area contributed by atoms with Gasteiger partial charge in [-0.15, -0.1) is 0 Å². The highest BCUT2D eigenvalue weighted by atomic mass is 32.1. The third-order valence-corrected chi connectivity index (χ3v) is 6.25. The van der Waals surface area contributed by atoms with E-state index >= 15 is 0 Å². The highest BCUT2D eigenvalue weighted by Gasteiger charge is 2.25. The van der Waals surface area contributed by atoms with E-state index in [9.17, 15) is 4.79 Å². The maximum absolute atomic E-state index is 13.0. The fourth-order valence-corrected chi connectivity index (χ4v) is 4.77. The molecule has 1 atom stereocenters. The Morgan fingerprint density at radius 3 is 2.87 bits per heavy atom. The van der Waals surface area contributed by atoms with E-state index in [2.05, 4.69) is 25.5 Å². The number of hydrogen-bond acceptors (Lipinski definition) is 9. The molecule has 0 spiro atoms. The van der Waals surface area contributed by atoms with Crippen LogP contribution in [0.4, 0.5) is 16.5 Å². The molecule has 4 rings (SSSR count). The first-order valence-electron chi connectivity index (χ1n) is 9.88. The van der Waals surface area contributed by atoms with Gasteiger partial charge in [-0.3, -0.25) is 9.48 Å². The van der Waals surface area contributed by atoms with Crippen molar-refractivity contribution in [1.29, 1.82) is 0 Å². The Hall–Kier alpha value is -2.92. The summed E-state index contributed by atoms with van der Waals surface area (Å²) in [4.78, 5) is 19.7. The van der Waals surface area contributed by atoms with Crippen LogP contribution >= 0.6 is 11.3 Å². The van der Waals surface area contributed by atoms with E-state index in [0.29, 0.717) is 27.2 Å². The van der Waals surface area contributed by atoms with Crippen LogP contribution in [0.1, 0.15) is 41.2 Å². The first-order valence-corrected chi connectivity index (χ1v) is 10.7. The first kappa shape index (κ1) is 20.4. The number of nitrogens with one attached hydrogen (secondary N) is 1. The van der Waals surface area contributed by atoms with Crippen LogP contribution in [-0.4, -0.2) is 45.0 Å². The minimum Gasteiger partial charge on any atom is -0.389 e. The van der Waals surface area contributed by atoms with Gasteiger partial charge in [-0.05, 0) is 33.1 Å². The quantitative estimate of drug-likeness (QED) is 0.572. The van der Waals surface area contributed by atoms with Crippen LogP contribution in [0.15, 0.2) is 10.7 Å². The van der Waals surface area contributed by atoms with E-state index in [1.807, 2.05) is 20.9 Å². The molecule has 0 aromatic carbocycles. The molecule has 1 aliphatic rings. The van der Waals surface area contributed by atoms with Crippen LogP contribution < -0.4 is 21.7 Å². The van der Waals surface area contributed by atoms with Crippen molar-refractivity contribution in [3.8, 4) is 10.6 Å². The molecule has 1 fully saturated rings. The Morgan fingerprint density at radius 2 is 2.13 bits per heavy atom. The number of anilines is 3. The molecule has 10 nitrogen and oxygen atoms in total. The number of nitrogens with zero attached hydrogens (tertiary/aromatic N) is 5. The summed E-state index contributed by atoms with van der Waals surface area (Å²) >= 11 is 1.24. The van der Waals surface area contributed by atoms with Gasteiger partial charge in [-0.1, -0.05) is 16.5 Å². The van der Waals surface area contributed by atoms with Crippen LogP contribution in [-0.2, 0) is 7.05 Å². The summed E-state index contributed by atoms with van der Waals surface area (Å²) in [5.74, 6) is 1.13. The molecule has 30 heavy (non-hydrogen) atoms. The Balaban J connectivity index is 1.58. The largest absolute Gasteiger partial charge is 0.389 e. The predicted octanol–water partition coefficient (Wildman–Crippen LogP) is 2.30. The van der Waals surface area contributed by atoms with E-state index in [4.69, 9.17) is 16.0 Å². The molecule has 3 aromatic heterocycles. The van der Waals surface area contributed by atoms with Crippen LogP contribution in [0.2, 0.25) is 0 Å². The molecule has 1 aliphatic heterocycles. The summed E-state index contributed by atoms with van der Waals surface area (Å²) in [6.45, 7) is 5.32. The molecular weight excluding hydrogens is 404 g/mol. The molecule has 0 unspecified atom stereocenters. The maximum Gasteiger partial charge on any atom is 0.277 e. The van der Waals surface area contributed by atoms with Crippen LogP contribution in [0.3, 0.4) is 0 Å². The summed E-state index contributed by atoms with van der Waals surface area (Å²) < 4.78 is 6.98. The minimum atomic E-state index is -0.373. The summed E-state index contributed by atoms with van der Waals surface area (Å²) in [7, 11) is 1.86. The van der Waals surface area contributed by atoms with Crippen molar-refractivity contribution in [2.45, 2.75) is 39.2 Å². The van der Waals surface area contributed by atoms with Gasteiger partial charge in [0.15, 0.2) is 11.5 Å². The number of hydrogen-bond donors (Lipinski definition) is 3. The Morgan fingerprint density at radius 1 is 1.33 bits per heavy atom. The van der Waals surface area contributed by atoms with Crippen LogP contribution in [0.5, 0.6) is 0 Å². The van der Waals surface area contributed by atoms with Crippen molar-refractivity contribution < 1.29 is 9.32 Å². The molecule has 1 amide bonds. The van der Waals surface area contributed by atoms with Crippen molar-refractivity contribution in [2.75, 3.05) is 29.0 Å². The normalized spacial score (nSPS) is 17.2. The van der Waals surface area contributed by atoms with Crippen molar-refractivity contribution in [3.05, 3.63) is 23.3 Å². The Kier molecular flexibility index (Phi) is 5.48. The smallest absolute Gasteiger partial charge is 0.277 e. The average molecular weight is 431 g/mol. The average Bonchev–Trinajstić information content (AvgIpc) is 3.30.